The topological polar surface area (TPSA) is 0 Å². The van der Waals surface area contributed by atoms with Gasteiger partial charge in [0.05, 0.1) is 0 Å². The number of fused-ring (bicyclic) bond motifs is 6. The van der Waals surface area contributed by atoms with Crippen LogP contribution in [0.1, 0.15) is 273 Å². The smallest absolute Gasteiger partial charge is 0.109 e. The van der Waals surface area contributed by atoms with Crippen molar-refractivity contribution >= 4 is 6.41 Å². The SMILES string of the molecule is CC(C)(C)c1[c-]c2c(cc1C(C)(C)C)-c1cc(C(C)(C)C)c(C(C)(C)C)cc1C2.CC(C)(C)c1[c-]c2c(cc1C(C)(C)C)-c1cc(C(C)(C)C)c(C(C)(C)C)cc1C2.C[C](C)=[Zr+2].C[C](C)=[Zr+2].[C-]1=CC=CC1.[C-]1=CC=CC1.[Cl-].[Cl-]. The van der Waals surface area contributed by atoms with E-state index in [1.165, 1.54) is 95.4 Å². The van der Waals surface area contributed by atoms with Gasteiger partial charge in [0, 0.05) is 0 Å². The summed E-state index contributed by atoms with van der Waals surface area (Å²) in [5, 5.41) is 0. The molecule has 0 fully saturated rings. The summed E-state index contributed by atoms with van der Waals surface area (Å²) in [4.78, 5) is 0. The van der Waals surface area contributed by atoms with Gasteiger partial charge in [-0.3, -0.25) is 12.2 Å². The fourth-order valence-electron chi connectivity index (χ4n) is 9.93. The molecular weight excluding hydrogens is 1140 g/mol. The van der Waals surface area contributed by atoms with Gasteiger partial charge in [0.1, 0.15) is 0 Å². The molecule has 4 aromatic rings. The van der Waals surface area contributed by atoms with Gasteiger partial charge in [0.2, 0.25) is 0 Å². The molecule has 4 heteroatoms. The molecule has 78 heavy (non-hydrogen) atoms. The number of allylic oxidation sites excluding steroid dienone is 8. The molecule has 4 aliphatic carbocycles. The molecule has 424 valence electrons. The molecule has 8 rings (SSSR count). The van der Waals surface area contributed by atoms with Crippen LogP contribution in [0.25, 0.3) is 22.3 Å². The van der Waals surface area contributed by atoms with Crippen LogP contribution in [0, 0.1) is 24.3 Å². The van der Waals surface area contributed by atoms with Gasteiger partial charge in [0.25, 0.3) is 0 Å². The number of benzene rings is 4. The molecular formula is C74H104Cl2Zr2-2. The number of halogens is 2. The standard InChI is InChI=1S/2C29H41.2C5H5.2C3H6.2ClH.2Zr/c2*1-26(2,3)22-14-18-13-19-15-23(27(4,5)6)25(29(10,11)12)17-21(19)20(18)16-24(22)28(7,8)9;2*1-2-4-5-3-1;2*1-3-2;;;;/h2*14,16-17H,13H2,1-12H3;2*1-3H,4H2;2*1-2H3;2*1H;;/q4*-1;;;;;2*+2/p-2. The zero-order chi connectivity index (χ0) is 58.5. The van der Waals surface area contributed by atoms with Gasteiger partial charge in [-0.2, -0.15) is 47.5 Å². The monoisotopic (exact) mass is 1240 g/mol. The minimum atomic E-state index is 0. The summed E-state index contributed by atoms with van der Waals surface area (Å²) in [6.07, 6.45) is 22.0. The summed E-state index contributed by atoms with van der Waals surface area (Å²) in [5.74, 6) is 0. The maximum absolute atomic E-state index is 3.90. The Kier molecular flexibility index (Phi) is 27.0. The van der Waals surface area contributed by atoms with E-state index in [1.807, 2.05) is 24.3 Å². The van der Waals surface area contributed by atoms with Crippen LogP contribution in [0.2, 0.25) is 0 Å². The molecule has 4 aromatic carbocycles. The summed E-state index contributed by atoms with van der Waals surface area (Å²) in [6, 6.07) is 22.8. The fraction of sp³-hybridized carbons (Fsp3) is 0.541. The zero-order valence-electron chi connectivity index (χ0n) is 54.5. The Hall–Kier alpha value is -2.07. The van der Waals surface area contributed by atoms with E-state index >= 15 is 0 Å². The number of hydrogen-bond donors (Lipinski definition) is 0. The maximum atomic E-state index is 3.90. The molecule has 0 amide bonds. The van der Waals surface area contributed by atoms with E-state index < -0.39 is 0 Å². The van der Waals surface area contributed by atoms with Gasteiger partial charge in [-0.25, -0.2) is 24.3 Å². The third-order valence-corrected chi connectivity index (χ3v) is 13.6. The van der Waals surface area contributed by atoms with Crippen LogP contribution in [-0.2, 0) is 105 Å². The summed E-state index contributed by atoms with van der Waals surface area (Å²) in [6.45, 7) is 64.5. The summed E-state index contributed by atoms with van der Waals surface area (Å²) in [5.41, 5.74) is 23.9. The minimum Gasteiger partial charge on any atom is -1.00 e. The molecule has 0 aromatic heterocycles. The molecule has 4 aliphatic rings. The molecule has 0 bridgehead atoms. The van der Waals surface area contributed by atoms with E-state index in [2.05, 4.69) is 267 Å². The Labute approximate surface area is 524 Å². The van der Waals surface area contributed by atoms with E-state index in [9.17, 15) is 0 Å². The Balaban J connectivity index is 0.000000579. The van der Waals surface area contributed by atoms with Crippen molar-refractivity contribution in [2.45, 2.75) is 263 Å². The van der Waals surface area contributed by atoms with Crippen LogP contribution in [0.3, 0.4) is 0 Å². The van der Waals surface area contributed by atoms with Crippen LogP contribution >= 0.6 is 0 Å². The predicted molar refractivity (Wildman–Crippen MR) is 332 cm³/mol. The Morgan fingerprint density at radius 2 is 0.577 bits per heavy atom. The van der Waals surface area contributed by atoms with Crippen molar-refractivity contribution in [3.8, 4) is 22.3 Å². The quantitative estimate of drug-likeness (QED) is 0.133. The van der Waals surface area contributed by atoms with Crippen molar-refractivity contribution in [2.75, 3.05) is 0 Å². The minimum absolute atomic E-state index is 0. The molecule has 0 radical (unpaired) electrons. The van der Waals surface area contributed by atoms with E-state index in [4.69, 9.17) is 0 Å². The third-order valence-electron chi connectivity index (χ3n) is 13.6. The molecule has 0 unspecified atom stereocenters. The molecule has 0 atom stereocenters. The first-order valence-electron chi connectivity index (χ1n) is 28.3. The van der Waals surface area contributed by atoms with Gasteiger partial charge >= 0.3 is 82.6 Å². The van der Waals surface area contributed by atoms with Crippen molar-refractivity contribution in [1.29, 1.82) is 0 Å². The van der Waals surface area contributed by atoms with Gasteiger partial charge in [0.15, 0.2) is 0 Å². The van der Waals surface area contributed by atoms with E-state index in [0.717, 1.165) is 25.7 Å². The van der Waals surface area contributed by atoms with Gasteiger partial charge in [-0.05, 0) is 78.7 Å². The van der Waals surface area contributed by atoms with Crippen molar-refractivity contribution in [3.63, 3.8) is 0 Å². The molecule has 0 heterocycles. The van der Waals surface area contributed by atoms with Crippen LogP contribution in [-0.4, -0.2) is 6.41 Å². The predicted octanol–water partition coefficient (Wildman–Crippen LogP) is 14.6. The van der Waals surface area contributed by atoms with Crippen molar-refractivity contribution in [3.05, 3.63) is 164 Å². The molecule has 0 saturated carbocycles. The van der Waals surface area contributed by atoms with E-state index in [-0.39, 0.29) is 68.1 Å². The normalized spacial score (nSPS) is 13.9. The average Bonchev–Trinajstić information content (AvgIpc) is 4.08. The zero-order valence-corrected chi connectivity index (χ0v) is 60.9. The van der Waals surface area contributed by atoms with Crippen molar-refractivity contribution in [2.24, 2.45) is 0 Å². The summed E-state index contributed by atoms with van der Waals surface area (Å²) < 4.78 is 3.01. The van der Waals surface area contributed by atoms with Crippen LogP contribution < -0.4 is 24.8 Å². The van der Waals surface area contributed by atoms with Crippen LogP contribution in [0.15, 0.2) is 72.9 Å². The second-order valence-electron chi connectivity index (χ2n) is 30.4. The van der Waals surface area contributed by atoms with E-state index in [0.29, 0.717) is 0 Å². The number of rotatable bonds is 0. The maximum Gasteiger partial charge on any atom is -0.109 e. The van der Waals surface area contributed by atoms with Gasteiger partial charge in [-0.1, -0.05) is 212 Å². The third kappa shape index (κ3) is 21.3. The second kappa shape index (κ2) is 28.5. The molecule has 0 nitrogen and oxygen atoms in total. The van der Waals surface area contributed by atoms with Gasteiger partial charge < -0.3 is 24.8 Å². The van der Waals surface area contributed by atoms with Crippen molar-refractivity contribution in [1.82, 2.24) is 0 Å². The van der Waals surface area contributed by atoms with Crippen LogP contribution in [0.5, 0.6) is 0 Å². The Morgan fingerprint density at radius 3 is 0.756 bits per heavy atom. The first-order valence-corrected chi connectivity index (χ1v) is 30.8. The summed E-state index contributed by atoms with van der Waals surface area (Å²) >= 11 is 3.11. The average molecular weight is 1250 g/mol. The Bertz CT molecular complexity index is 2430. The van der Waals surface area contributed by atoms with Gasteiger partial charge in [-0.15, -0.1) is 46.2 Å². The van der Waals surface area contributed by atoms with Crippen LogP contribution in [0.4, 0.5) is 0 Å². The Morgan fingerprint density at radius 1 is 0.346 bits per heavy atom. The summed E-state index contributed by atoms with van der Waals surface area (Å²) in [7, 11) is 0. The molecule has 0 N–H and O–H groups in total. The molecule has 0 aliphatic heterocycles. The fourth-order valence-corrected chi connectivity index (χ4v) is 9.93. The van der Waals surface area contributed by atoms with E-state index in [1.54, 1.807) is 48.5 Å². The largest absolute Gasteiger partial charge is 1.00 e. The van der Waals surface area contributed by atoms with Crippen molar-refractivity contribution < 1.29 is 73.3 Å². The second-order valence-corrected chi connectivity index (χ2v) is 35.3. The first kappa shape index (κ1) is 73.9. The molecule has 0 saturated heterocycles. The first-order chi connectivity index (χ1) is 34.3. The molecule has 0 spiro atoms. The number of hydrogen-bond acceptors (Lipinski definition) is 0.